The molecule has 21 heavy (non-hydrogen) atoms. The topological polar surface area (TPSA) is 103 Å². The number of methoxy groups -OCH3 is 1. The maximum Gasteiger partial charge on any atom is 0.356 e. The van der Waals surface area contributed by atoms with Crippen molar-refractivity contribution in [3.8, 4) is 5.75 Å². The van der Waals surface area contributed by atoms with Crippen LogP contribution >= 0.6 is 0 Å². The van der Waals surface area contributed by atoms with Crippen molar-refractivity contribution in [1.82, 2.24) is 14.6 Å². The zero-order chi connectivity index (χ0) is 15.1. The van der Waals surface area contributed by atoms with Gasteiger partial charge in [-0.25, -0.2) is 9.78 Å². The molecule has 7 nitrogen and oxygen atoms in total. The predicted octanol–water partition coefficient (Wildman–Crippen LogP) is 1.73. The van der Waals surface area contributed by atoms with E-state index >= 15 is 0 Å². The number of ether oxygens (including phenoxy) is 1. The third-order valence-electron chi connectivity index (χ3n) is 3.46. The monoisotopic (exact) mass is 286 g/mol. The van der Waals surface area contributed by atoms with Gasteiger partial charge in [-0.3, -0.25) is 0 Å². The molecule has 3 N–H and O–H groups in total. The Morgan fingerprint density at radius 2 is 2.24 bits per heavy atom. The van der Waals surface area contributed by atoms with E-state index < -0.39 is 5.97 Å². The van der Waals surface area contributed by atoms with Crippen molar-refractivity contribution in [3.05, 3.63) is 29.5 Å². The SMILES string of the molecule is CCc1c(C(=O)O)nn2c(N)nc3c(OC)cccc3c12. The molecule has 2 aromatic heterocycles. The summed E-state index contributed by atoms with van der Waals surface area (Å²) in [6.07, 6.45) is 0.529. The fourth-order valence-corrected chi connectivity index (χ4v) is 2.55. The Balaban J connectivity index is 2.56. The average Bonchev–Trinajstić information content (AvgIpc) is 2.87. The third kappa shape index (κ3) is 1.78. The van der Waals surface area contributed by atoms with Crippen LogP contribution in [0, 0.1) is 0 Å². The number of carbonyl (C=O) groups is 1. The van der Waals surface area contributed by atoms with Crippen LogP contribution in [0.5, 0.6) is 5.75 Å². The first kappa shape index (κ1) is 13.2. The van der Waals surface area contributed by atoms with Crippen molar-refractivity contribution in [3.63, 3.8) is 0 Å². The summed E-state index contributed by atoms with van der Waals surface area (Å²) in [6, 6.07) is 5.46. The summed E-state index contributed by atoms with van der Waals surface area (Å²) in [6.45, 7) is 1.88. The van der Waals surface area contributed by atoms with E-state index in [0.29, 0.717) is 28.8 Å². The van der Waals surface area contributed by atoms with Gasteiger partial charge in [0.1, 0.15) is 11.3 Å². The summed E-state index contributed by atoms with van der Waals surface area (Å²) >= 11 is 0. The highest BCUT2D eigenvalue weighted by Gasteiger charge is 2.21. The molecule has 0 aliphatic carbocycles. The molecule has 0 saturated heterocycles. The van der Waals surface area contributed by atoms with Crippen LogP contribution in [0.1, 0.15) is 23.0 Å². The highest BCUT2D eigenvalue weighted by Crippen LogP contribution is 2.31. The maximum atomic E-state index is 11.4. The largest absolute Gasteiger partial charge is 0.494 e. The van der Waals surface area contributed by atoms with Gasteiger partial charge in [-0.15, -0.1) is 0 Å². The van der Waals surface area contributed by atoms with Crippen molar-refractivity contribution < 1.29 is 14.6 Å². The first-order chi connectivity index (χ1) is 10.1. The molecule has 0 aliphatic rings. The average molecular weight is 286 g/mol. The van der Waals surface area contributed by atoms with Gasteiger partial charge in [0, 0.05) is 10.9 Å². The van der Waals surface area contributed by atoms with E-state index in [4.69, 9.17) is 10.5 Å². The maximum absolute atomic E-state index is 11.4. The van der Waals surface area contributed by atoms with Gasteiger partial charge in [-0.1, -0.05) is 19.1 Å². The Morgan fingerprint density at radius 1 is 1.48 bits per heavy atom. The molecular weight excluding hydrogens is 272 g/mol. The zero-order valence-corrected chi connectivity index (χ0v) is 11.6. The van der Waals surface area contributed by atoms with E-state index in [1.54, 1.807) is 13.2 Å². The van der Waals surface area contributed by atoms with E-state index in [1.807, 2.05) is 19.1 Å². The second-order valence-corrected chi connectivity index (χ2v) is 4.57. The number of para-hydroxylation sites is 1. The summed E-state index contributed by atoms with van der Waals surface area (Å²) in [5.74, 6) is -0.364. The summed E-state index contributed by atoms with van der Waals surface area (Å²) in [5.41, 5.74) is 7.82. The number of aryl methyl sites for hydroxylation is 1. The lowest BCUT2D eigenvalue weighted by Crippen LogP contribution is -2.04. The van der Waals surface area contributed by atoms with E-state index in [9.17, 15) is 9.90 Å². The number of hydrogen-bond donors (Lipinski definition) is 2. The molecule has 1 aromatic carbocycles. The molecular formula is C14H14N4O3. The fourth-order valence-electron chi connectivity index (χ4n) is 2.55. The highest BCUT2D eigenvalue weighted by molar-refractivity contribution is 6.02. The van der Waals surface area contributed by atoms with Crippen molar-refractivity contribution in [1.29, 1.82) is 0 Å². The number of nitrogen functional groups attached to an aromatic ring is 1. The van der Waals surface area contributed by atoms with E-state index in [1.165, 1.54) is 4.52 Å². The highest BCUT2D eigenvalue weighted by atomic mass is 16.5. The molecule has 3 aromatic rings. The second-order valence-electron chi connectivity index (χ2n) is 4.57. The summed E-state index contributed by atoms with van der Waals surface area (Å²) in [5, 5.41) is 14.1. The van der Waals surface area contributed by atoms with Crippen molar-refractivity contribution in [2.45, 2.75) is 13.3 Å². The molecule has 0 aliphatic heterocycles. The van der Waals surface area contributed by atoms with Crippen LogP contribution in [-0.2, 0) is 6.42 Å². The van der Waals surface area contributed by atoms with Gasteiger partial charge < -0.3 is 15.6 Å². The van der Waals surface area contributed by atoms with E-state index in [2.05, 4.69) is 10.1 Å². The standard InChI is InChI=1S/C14H14N4O3/c1-3-7-11(13(19)20)17-18-12(7)8-5-4-6-9(21-2)10(8)16-14(18)15/h4-6H,3H2,1-2H3,(H2,15,16)(H,19,20). The zero-order valence-electron chi connectivity index (χ0n) is 11.6. The van der Waals surface area contributed by atoms with Crippen LogP contribution in [-0.4, -0.2) is 32.8 Å². The molecule has 2 heterocycles. The van der Waals surface area contributed by atoms with Crippen LogP contribution < -0.4 is 10.5 Å². The number of aromatic nitrogens is 3. The molecule has 0 bridgehead atoms. The fraction of sp³-hybridized carbons (Fsp3) is 0.214. The molecule has 0 atom stereocenters. The molecule has 0 unspecified atom stereocenters. The van der Waals surface area contributed by atoms with E-state index in [0.717, 1.165) is 5.39 Å². The third-order valence-corrected chi connectivity index (χ3v) is 3.46. The van der Waals surface area contributed by atoms with E-state index in [-0.39, 0.29) is 11.6 Å². The lowest BCUT2D eigenvalue weighted by atomic mass is 10.1. The number of rotatable bonds is 3. The van der Waals surface area contributed by atoms with Crippen LogP contribution in [0.2, 0.25) is 0 Å². The molecule has 0 radical (unpaired) electrons. The second kappa shape index (κ2) is 4.62. The Morgan fingerprint density at radius 3 is 2.86 bits per heavy atom. The first-order valence-electron chi connectivity index (χ1n) is 6.45. The van der Waals surface area contributed by atoms with Gasteiger partial charge in [-0.2, -0.15) is 9.61 Å². The predicted molar refractivity (Wildman–Crippen MR) is 77.8 cm³/mol. The van der Waals surface area contributed by atoms with Crippen LogP contribution in [0.3, 0.4) is 0 Å². The molecule has 0 fully saturated rings. The molecule has 0 saturated carbocycles. The van der Waals surface area contributed by atoms with Crippen molar-refractivity contribution in [2.75, 3.05) is 12.8 Å². The smallest absolute Gasteiger partial charge is 0.356 e. The normalized spacial score (nSPS) is 11.1. The van der Waals surface area contributed by atoms with Gasteiger partial charge in [-0.05, 0) is 12.5 Å². The number of anilines is 1. The number of fused-ring (bicyclic) bond motifs is 3. The molecule has 0 amide bonds. The summed E-state index contributed by atoms with van der Waals surface area (Å²) < 4.78 is 6.67. The van der Waals surface area contributed by atoms with Crippen LogP contribution in [0.15, 0.2) is 18.2 Å². The van der Waals surface area contributed by atoms with Crippen molar-refractivity contribution >= 4 is 28.3 Å². The van der Waals surface area contributed by atoms with Gasteiger partial charge in [0.05, 0.1) is 12.6 Å². The number of aromatic carboxylic acids is 1. The number of nitrogens with zero attached hydrogens (tertiary/aromatic N) is 3. The Hall–Kier alpha value is -2.83. The minimum Gasteiger partial charge on any atom is -0.494 e. The quantitative estimate of drug-likeness (QED) is 0.760. The number of carboxylic acids is 1. The summed E-state index contributed by atoms with van der Waals surface area (Å²) in [4.78, 5) is 15.6. The number of benzene rings is 1. The molecule has 108 valence electrons. The lowest BCUT2D eigenvalue weighted by molar-refractivity contribution is 0.0689. The first-order valence-corrected chi connectivity index (χ1v) is 6.45. The van der Waals surface area contributed by atoms with Gasteiger partial charge in [0.2, 0.25) is 5.95 Å². The number of nitrogens with two attached hydrogens (primary N) is 1. The minimum absolute atomic E-state index is 0.00122. The van der Waals surface area contributed by atoms with Gasteiger partial charge >= 0.3 is 5.97 Å². The van der Waals surface area contributed by atoms with Crippen molar-refractivity contribution in [2.24, 2.45) is 0 Å². The molecule has 0 spiro atoms. The Bertz CT molecular complexity index is 870. The lowest BCUT2D eigenvalue weighted by Gasteiger charge is -2.08. The number of carboxylic acid groups (broad SMARTS) is 1. The molecule has 7 heteroatoms. The van der Waals surface area contributed by atoms with Crippen LogP contribution in [0.4, 0.5) is 5.95 Å². The van der Waals surface area contributed by atoms with Crippen LogP contribution in [0.25, 0.3) is 16.4 Å². The Labute approximate surface area is 120 Å². The van der Waals surface area contributed by atoms with Gasteiger partial charge in [0.25, 0.3) is 0 Å². The Kier molecular flexibility index (Phi) is 2.90. The summed E-state index contributed by atoms with van der Waals surface area (Å²) in [7, 11) is 1.55. The molecule has 3 rings (SSSR count). The number of hydrogen-bond acceptors (Lipinski definition) is 5. The van der Waals surface area contributed by atoms with Gasteiger partial charge in [0.15, 0.2) is 5.69 Å². The minimum atomic E-state index is -1.08.